The molecule has 2 N–H and O–H groups in total. The van der Waals surface area contributed by atoms with Crippen molar-refractivity contribution in [2.75, 3.05) is 13.3 Å². The van der Waals surface area contributed by atoms with Gasteiger partial charge in [0.2, 0.25) is 12.7 Å². The van der Waals surface area contributed by atoms with Gasteiger partial charge in [-0.3, -0.25) is 9.59 Å². The number of carbonyl (C=O) groups is 2. The molecule has 0 aliphatic carbocycles. The molecule has 2 aromatic rings. The number of carbonyl (C=O) groups excluding carboxylic acids is 2. The Balaban J connectivity index is 1.87. The Labute approximate surface area is 158 Å². The molecule has 1 atom stereocenters. The van der Waals surface area contributed by atoms with Crippen LogP contribution in [0.5, 0.6) is 11.5 Å². The molecule has 0 saturated carbocycles. The van der Waals surface area contributed by atoms with E-state index in [1.165, 1.54) is 0 Å². The molecule has 1 aliphatic rings. The highest BCUT2D eigenvalue weighted by Gasteiger charge is 2.27. The molecule has 6 heteroatoms. The SMILES string of the molecule is CCCN(C(=O)c1ccc2c(c1)OCO2)C(CC(N)=O)Cc1ccccc1. The second-order valence-corrected chi connectivity index (χ2v) is 6.58. The van der Waals surface area contributed by atoms with Gasteiger partial charge in [0.25, 0.3) is 5.91 Å². The normalized spacial score (nSPS) is 13.2. The topological polar surface area (TPSA) is 81.9 Å². The van der Waals surface area contributed by atoms with Crippen molar-refractivity contribution in [2.24, 2.45) is 5.73 Å². The lowest BCUT2D eigenvalue weighted by Gasteiger charge is -2.31. The number of fused-ring (bicyclic) bond motifs is 1. The van der Waals surface area contributed by atoms with E-state index in [9.17, 15) is 9.59 Å². The summed E-state index contributed by atoms with van der Waals surface area (Å²) in [5.41, 5.74) is 7.05. The molecule has 27 heavy (non-hydrogen) atoms. The maximum Gasteiger partial charge on any atom is 0.254 e. The molecule has 2 aromatic carbocycles. The van der Waals surface area contributed by atoms with E-state index in [2.05, 4.69) is 0 Å². The largest absolute Gasteiger partial charge is 0.454 e. The molecular formula is C21H24N2O4. The van der Waals surface area contributed by atoms with Crippen molar-refractivity contribution < 1.29 is 19.1 Å². The van der Waals surface area contributed by atoms with Gasteiger partial charge in [0.1, 0.15) is 0 Å². The predicted octanol–water partition coefficient (Wildman–Crippen LogP) is 2.75. The van der Waals surface area contributed by atoms with Crippen LogP contribution in [0.3, 0.4) is 0 Å². The van der Waals surface area contributed by atoms with Crippen LogP contribution in [0.2, 0.25) is 0 Å². The van der Waals surface area contributed by atoms with Gasteiger partial charge < -0.3 is 20.1 Å². The van der Waals surface area contributed by atoms with E-state index >= 15 is 0 Å². The molecule has 1 unspecified atom stereocenters. The van der Waals surface area contributed by atoms with Gasteiger partial charge in [0.05, 0.1) is 0 Å². The summed E-state index contributed by atoms with van der Waals surface area (Å²) in [5.74, 6) is 0.631. The molecule has 142 valence electrons. The molecule has 0 fully saturated rings. The molecular weight excluding hydrogens is 344 g/mol. The third kappa shape index (κ3) is 4.58. The second-order valence-electron chi connectivity index (χ2n) is 6.58. The van der Waals surface area contributed by atoms with E-state index < -0.39 is 5.91 Å². The smallest absolute Gasteiger partial charge is 0.254 e. The molecule has 0 aromatic heterocycles. The maximum absolute atomic E-state index is 13.2. The van der Waals surface area contributed by atoms with Crippen molar-refractivity contribution in [1.29, 1.82) is 0 Å². The fraction of sp³-hybridized carbons (Fsp3) is 0.333. The van der Waals surface area contributed by atoms with E-state index in [-0.39, 0.29) is 25.2 Å². The minimum absolute atomic E-state index is 0.116. The summed E-state index contributed by atoms with van der Waals surface area (Å²) >= 11 is 0. The van der Waals surface area contributed by atoms with Gasteiger partial charge in [0.15, 0.2) is 11.5 Å². The van der Waals surface area contributed by atoms with Crippen molar-refractivity contribution >= 4 is 11.8 Å². The van der Waals surface area contributed by atoms with Crippen LogP contribution in [0, 0.1) is 0 Å². The fourth-order valence-corrected chi connectivity index (χ4v) is 3.30. The number of rotatable bonds is 8. The number of primary amides is 1. The summed E-state index contributed by atoms with van der Waals surface area (Å²) in [6.45, 7) is 2.70. The van der Waals surface area contributed by atoms with Crippen molar-refractivity contribution in [1.82, 2.24) is 4.90 Å². The van der Waals surface area contributed by atoms with Gasteiger partial charge in [-0.15, -0.1) is 0 Å². The lowest BCUT2D eigenvalue weighted by molar-refractivity contribution is -0.119. The van der Waals surface area contributed by atoms with Crippen LogP contribution in [-0.2, 0) is 11.2 Å². The second kappa shape index (κ2) is 8.58. The average Bonchev–Trinajstić information content (AvgIpc) is 3.13. The van der Waals surface area contributed by atoms with Crippen molar-refractivity contribution in [3.8, 4) is 11.5 Å². The minimum Gasteiger partial charge on any atom is -0.454 e. The third-order valence-electron chi connectivity index (χ3n) is 4.54. The number of ether oxygens (including phenoxy) is 2. The Hall–Kier alpha value is -3.02. The lowest BCUT2D eigenvalue weighted by Crippen LogP contribution is -2.44. The zero-order valence-electron chi connectivity index (χ0n) is 15.4. The summed E-state index contributed by atoms with van der Waals surface area (Å²) in [4.78, 5) is 26.6. The Morgan fingerprint density at radius 2 is 1.85 bits per heavy atom. The van der Waals surface area contributed by atoms with Crippen LogP contribution in [0.4, 0.5) is 0 Å². The van der Waals surface area contributed by atoms with Crippen LogP contribution >= 0.6 is 0 Å². The lowest BCUT2D eigenvalue weighted by atomic mass is 10.00. The van der Waals surface area contributed by atoms with Crippen molar-refractivity contribution in [3.05, 3.63) is 59.7 Å². The quantitative estimate of drug-likeness (QED) is 0.777. The molecule has 3 rings (SSSR count). The average molecular weight is 368 g/mol. The Morgan fingerprint density at radius 1 is 1.11 bits per heavy atom. The van der Waals surface area contributed by atoms with E-state index in [0.717, 1.165) is 12.0 Å². The number of benzene rings is 2. The number of nitrogens with two attached hydrogens (primary N) is 1. The highest BCUT2D eigenvalue weighted by atomic mass is 16.7. The molecule has 0 radical (unpaired) electrons. The van der Waals surface area contributed by atoms with Gasteiger partial charge in [-0.2, -0.15) is 0 Å². The van der Waals surface area contributed by atoms with Crippen molar-refractivity contribution in [2.45, 2.75) is 32.2 Å². The molecule has 0 saturated heterocycles. The van der Waals surface area contributed by atoms with E-state index in [4.69, 9.17) is 15.2 Å². The zero-order chi connectivity index (χ0) is 19.2. The van der Waals surface area contributed by atoms with Crippen LogP contribution in [0.1, 0.15) is 35.7 Å². The first-order chi connectivity index (χ1) is 13.1. The van der Waals surface area contributed by atoms with Crippen LogP contribution in [0.25, 0.3) is 0 Å². The van der Waals surface area contributed by atoms with Crippen molar-refractivity contribution in [3.63, 3.8) is 0 Å². The number of nitrogens with zero attached hydrogens (tertiary/aromatic N) is 1. The summed E-state index contributed by atoms with van der Waals surface area (Å²) in [6.07, 6.45) is 1.46. The molecule has 2 amide bonds. The van der Waals surface area contributed by atoms with E-state index in [0.29, 0.717) is 30.0 Å². The highest BCUT2D eigenvalue weighted by Crippen LogP contribution is 2.33. The maximum atomic E-state index is 13.2. The van der Waals surface area contributed by atoms with Crippen LogP contribution < -0.4 is 15.2 Å². The summed E-state index contributed by atoms with van der Waals surface area (Å²) in [5, 5.41) is 0. The van der Waals surface area contributed by atoms with E-state index in [1.54, 1.807) is 23.1 Å². The zero-order valence-corrected chi connectivity index (χ0v) is 15.4. The van der Waals surface area contributed by atoms with Gasteiger partial charge >= 0.3 is 0 Å². The standard InChI is InChI=1S/C21H24N2O4/c1-2-10-23(17(13-20(22)24)11-15-6-4-3-5-7-15)21(25)16-8-9-18-19(12-16)27-14-26-18/h3-9,12,17H,2,10-11,13-14H2,1H3,(H2,22,24). The van der Waals surface area contributed by atoms with Gasteiger partial charge in [-0.25, -0.2) is 0 Å². The van der Waals surface area contributed by atoms with E-state index in [1.807, 2.05) is 37.3 Å². The third-order valence-corrected chi connectivity index (χ3v) is 4.54. The predicted molar refractivity (Wildman–Crippen MR) is 102 cm³/mol. The fourth-order valence-electron chi connectivity index (χ4n) is 3.30. The van der Waals surface area contributed by atoms with Gasteiger partial charge in [-0.05, 0) is 36.6 Å². The molecule has 1 aliphatic heterocycles. The Morgan fingerprint density at radius 3 is 2.56 bits per heavy atom. The molecule has 1 heterocycles. The monoisotopic (exact) mass is 368 g/mol. The van der Waals surface area contributed by atoms with Crippen LogP contribution in [0.15, 0.2) is 48.5 Å². The summed E-state index contributed by atoms with van der Waals surface area (Å²) in [7, 11) is 0. The number of hydrogen-bond acceptors (Lipinski definition) is 4. The summed E-state index contributed by atoms with van der Waals surface area (Å²) in [6, 6.07) is 14.7. The van der Waals surface area contributed by atoms with Gasteiger partial charge in [-0.1, -0.05) is 37.3 Å². The first-order valence-corrected chi connectivity index (χ1v) is 9.11. The minimum atomic E-state index is -0.421. The van der Waals surface area contributed by atoms with Crippen LogP contribution in [-0.4, -0.2) is 36.1 Å². The molecule has 0 bridgehead atoms. The first kappa shape index (κ1) is 18.8. The number of amides is 2. The first-order valence-electron chi connectivity index (χ1n) is 9.11. The molecule has 0 spiro atoms. The molecule has 6 nitrogen and oxygen atoms in total. The Kier molecular flexibility index (Phi) is 5.96. The Bertz CT molecular complexity index is 807. The van der Waals surface area contributed by atoms with Gasteiger partial charge in [0, 0.05) is 24.6 Å². The summed E-state index contributed by atoms with van der Waals surface area (Å²) < 4.78 is 10.7. The number of hydrogen-bond donors (Lipinski definition) is 1. The highest BCUT2D eigenvalue weighted by molar-refractivity contribution is 5.95.